The van der Waals surface area contributed by atoms with Crippen LogP contribution in [0.3, 0.4) is 0 Å². The van der Waals surface area contributed by atoms with Gasteiger partial charge in [0.25, 0.3) is 5.91 Å². The average Bonchev–Trinajstić information content (AvgIpc) is 2.63. The van der Waals surface area contributed by atoms with Crippen LogP contribution in [0.5, 0.6) is 0 Å². The van der Waals surface area contributed by atoms with E-state index in [1.807, 2.05) is 13.8 Å². The second-order valence-corrected chi connectivity index (χ2v) is 7.23. The van der Waals surface area contributed by atoms with Crippen molar-refractivity contribution >= 4 is 58.0 Å². The second-order valence-electron chi connectivity index (χ2n) is 6.01. The quantitative estimate of drug-likeness (QED) is 0.529. The molecule has 27 heavy (non-hydrogen) atoms. The predicted octanol–water partition coefficient (Wildman–Crippen LogP) is 5.23. The Balaban J connectivity index is 1.97. The molecule has 0 saturated heterocycles. The van der Waals surface area contributed by atoms with Gasteiger partial charge in [0, 0.05) is 17.3 Å². The molecule has 144 valence electrons. The van der Waals surface area contributed by atoms with E-state index in [0.29, 0.717) is 32.0 Å². The summed E-state index contributed by atoms with van der Waals surface area (Å²) in [5, 5.41) is 9.57. The molecule has 0 spiro atoms. The SMILES string of the molecule is CCC(C)NC(=O)c1cccc(NC(=O)CNc2cc(Cl)c(Cl)cc2Cl)c1. The van der Waals surface area contributed by atoms with Gasteiger partial charge in [-0.1, -0.05) is 47.8 Å². The number of rotatable bonds is 7. The van der Waals surface area contributed by atoms with Crippen LogP contribution in [0.25, 0.3) is 0 Å². The lowest BCUT2D eigenvalue weighted by atomic mass is 10.1. The second kappa shape index (κ2) is 9.83. The van der Waals surface area contributed by atoms with Crippen LogP contribution in [0.4, 0.5) is 11.4 Å². The fraction of sp³-hybridized carbons (Fsp3) is 0.263. The first kappa shape index (κ1) is 21.4. The van der Waals surface area contributed by atoms with Crippen LogP contribution in [-0.2, 0) is 4.79 Å². The lowest BCUT2D eigenvalue weighted by molar-refractivity contribution is -0.114. The van der Waals surface area contributed by atoms with Crippen LogP contribution in [0.2, 0.25) is 15.1 Å². The van der Waals surface area contributed by atoms with Gasteiger partial charge in [-0.05, 0) is 43.7 Å². The van der Waals surface area contributed by atoms with Gasteiger partial charge in [0.1, 0.15) is 0 Å². The molecule has 1 unspecified atom stereocenters. The molecule has 0 aromatic heterocycles. The lowest BCUT2D eigenvalue weighted by Crippen LogP contribution is -2.32. The monoisotopic (exact) mass is 427 g/mol. The topological polar surface area (TPSA) is 70.2 Å². The van der Waals surface area contributed by atoms with E-state index in [2.05, 4.69) is 16.0 Å². The van der Waals surface area contributed by atoms with Gasteiger partial charge in [-0.15, -0.1) is 0 Å². The van der Waals surface area contributed by atoms with Gasteiger partial charge in [0.05, 0.1) is 27.3 Å². The van der Waals surface area contributed by atoms with E-state index in [1.54, 1.807) is 30.3 Å². The molecule has 2 amide bonds. The summed E-state index contributed by atoms with van der Waals surface area (Å²) >= 11 is 17.9. The van der Waals surface area contributed by atoms with E-state index < -0.39 is 0 Å². The molecule has 0 aliphatic heterocycles. The highest BCUT2D eigenvalue weighted by Crippen LogP contribution is 2.32. The molecule has 0 aliphatic carbocycles. The molecule has 2 rings (SSSR count). The highest BCUT2D eigenvalue weighted by atomic mass is 35.5. The van der Waals surface area contributed by atoms with Crippen molar-refractivity contribution in [2.45, 2.75) is 26.3 Å². The number of hydrogen-bond acceptors (Lipinski definition) is 3. The van der Waals surface area contributed by atoms with Crippen LogP contribution in [-0.4, -0.2) is 24.4 Å². The first-order valence-electron chi connectivity index (χ1n) is 8.39. The Morgan fingerprint density at radius 2 is 1.74 bits per heavy atom. The highest BCUT2D eigenvalue weighted by Gasteiger charge is 2.11. The Labute approximate surface area is 173 Å². The number of hydrogen-bond donors (Lipinski definition) is 3. The van der Waals surface area contributed by atoms with Crippen molar-refractivity contribution < 1.29 is 9.59 Å². The summed E-state index contributed by atoms with van der Waals surface area (Å²) in [5.74, 6) is -0.474. The Kier molecular flexibility index (Phi) is 7.78. The Hall–Kier alpha value is -1.95. The molecule has 0 fully saturated rings. The van der Waals surface area contributed by atoms with E-state index in [0.717, 1.165) is 6.42 Å². The van der Waals surface area contributed by atoms with Crippen molar-refractivity contribution in [3.8, 4) is 0 Å². The van der Waals surface area contributed by atoms with Crippen molar-refractivity contribution in [1.82, 2.24) is 5.32 Å². The van der Waals surface area contributed by atoms with Crippen LogP contribution >= 0.6 is 34.8 Å². The van der Waals surface area contributed by atoms with Gasteiger partial charge >= 0.3 is 0 Å². The van der Waals surface area contributed by atoms with Crippen LogP contribution < -0.4 is 16.0 Å². The number of halogens is 3. The van der Waals surface area contributed by atoms with Gasteiger partial charge in [-0.2, -0.15) is 0 Å². The number of amides is 2. The van der Waals surface area contributed by atoms with E-state index in [1.165, 1.54) is 6.07 Å². The summed E-state index contributed by atoms with van der Waals surface area (Å²) in [6.45, 7) is 3.90. The molecular formula is C19H20Cl3N3O2. The molecule has 0 radical (unpaired) electrons. The van der Waals surface area contributed by atoms with Crippen LogP contribution in [0.1, 0.15) is 30.6 Å². The Morgan fingerprint density at radius 1 is 1.04 bits per heavy atom. The molecule has 5 nitrogen and oxygen atoms in total. The Bertz CT molecular complexity index is 843. The lowest BCUT2D eigenvalue weighted by Gasteiger charge is -2.13. The van der Waals surface area contributed by atoms with Crippen molar-refractivity contribution in [3.63, 3.8) is 0 Å². The first-order valence-corrected chi connectivity index (χ1v) is 9.52. The summed E-state index contributed by atoms with van der Waals surface area (Å²) < 4.78 is 0. The fourth-order valence-electron chi connectivity index (χ4n) is 2.19. The summed E-state index contributed by atoms with van der Waals surface area (Å²) in [6.07, 6.45) is 0.838. The third-order valence-electron chi connectivity index (χ3n) is 3.85. The maximum absolute atomic E-state index is 12.2. The number of benzene rings is 2. The maximum Gasteiger partial charge on any atom is 0.251 e. The van der Waals surface area contributed by atoms with Gasteiger partial charge in [-0.3, -0.25) is 9.59 Å². The summed E-state index contributed by atoms with van der Waals surface area (Å²) in [5.41, 5.74) is 1.51. The standard InChI is InChI=1S/C19H20Cl3N3O2/c1-3-11(2)24-19(27)12-5-4-6-13(7-12)25-18(26)10-23-17-9-15(21)14(20)8-16(17)22/h4-9,11,23H,3,10H2,1-2H3,(H,24,27)(H,25,26). The zero-order chi connectivity index (χ0) is 20.0. The molecule has 1 atom stereocenters. The van der Waals surface area contributed by atoms with E-state index in [-0.39, 0.29) is 24.4 Å². The van der Waals surface area contributed by atoms with E-state index in [9.17, 15) is 9.59 Å². The minimum atomic E-state index is -0.295. The highest BCUT2D eigenvalue weighted by molar-refractivity contribution is 6.44. The molecule has 0 heterocycles. The number of anilines is 2. The molecule has 8 heteroatoms. The van der Waals surface area contributed by atoms with Gasteiger partial charge in [-0.25, -0.2) is 0 Å². The van der Waals surface area contributed by atoms with Crippen molar-refractivity contribution in [1.29, 1.82) is 0 Å². The third kappa shape index (κ3) is 6.31. The fourth-order valence-corrected chi connectivity index (χ4v) is 2.80. The average molecular weight is 429 g/mol. The molecule has 0 bridgehead atoms. The predicted molar refractivity (Wildman–Crippen MR) is 112 cm³/mol. The normalized spacial score (nSPS) is 11.6. The first-order chi connectivity index (χ1) is 12.8. The van der Waals surface area contributed by atoms with Crippen molar-refractivity contribution in [3.05, 3.63) is 57.0 Å². The summed E-state index contributed by atoms with van der Waals surface area (Å²) in [6, 6.07) is 9.89. The molecule has 0 aliphatic rings. The van der Waals surface area contributed by atoms with E-state index in [4.69, 9.17) is 34.8 Å². The molecule has 3 N–H and O–H groups in total. The summed E-state index contributed by atoms with van der Waals surface area (Å²) in [7, 11) is 0. The van der Waals surface area contributed by atoms with Gasteiger partial charge in [0.2, 0.25) is 5.91 Å². The minimum absolute atomic E-state index is 0.0268. The molecule has 2 aromatic rings. The summed E-state index contributed by atoms with van der Waals surface area (Å²) in [4.78, 5) is 24.4. The number of carbonyl (C=O) groups is 2. The van der Waals surface area contributed by atoms with E-state index >= 15 is 0 Å². The van der Waals surface area contributed by atoms with Crippen LogP contribution in [0, 0.1) is 0 Å². The molecular weight excluding hydrogens is 409 g/mol. The minimum Gasteiger partial charge on any atom is -0.375 e. The third-order valence-corrected chi connectivity index (χ3v) is 4.88. The Morgan fingerprint density at radius 3 is 2.44 bits per heavy atom. The number of nitrogens with one attached hydrogen (secondary N) is 3. The zero-order valence-electron chi connectivity index (χ0n) is 14.9. The smallest absolute Gasteiger partial charge is 0.251 e. The zero-order valence-corrected chi connectivity index (χ0v) is 17.2. The van der Waals surface area contributed by atoms with Crippen molar-refractivity contribution in [2.75, 3.05) is 17.2 Å². The number of carbonyl (C=O) groups excluding carboxylic acids is 2. The van der Waals surface area contributed by atoms with Gasteiger partial charge < -0.3 is 16.0 Å². The van der Waals surface area contributed by atoms with Crippen LogP contribution in [0.15, 0.2) is 36.4 Å². The maximum atomic E-state index is 12.2. The molecule has 2 aromatic carbocycles. The van der Waals surface area contributed by atoms with Crippen molar-refractivity contribution in [2.24, 2.45) is 0 Å². The molecule has 0 saturated carbocycles. The van der Waals surface area contributed by atoms with Gasteiger partial charge in [0.15, 0.2) is 0 Å². The largest absolute Gasteiger partial charge is 0.375 e.